The number of sulfonamides is 1. The van der Waals surface area contributed by atoms with Crippen LogP contribution >= 0.6 is 0 Å². The van der Waals surface area contributed by atoms with Crippen LogP contribution in [0.2, 0.25) is 0 Å². The lowest BCUT2D eigenvalue weighted by Crippen LogP contribution is -2.48. The number of piperazine rings is 1. The Labute approximate surface area is 180 Å². The molecule has 31 heavy (non-hydrogen) atoms. The first-order valence-electron chi connectivity index (χ1n) is 10.0. The topological polar surface area (TPSA) is 89.2 Å². The van der Waals surface area contributed by atoms with E-state index in [-0.39, 0.29) is 0 Å². The molecule has 9 nitrogen and oxygen atoms in total. The van der Waals surface area contributed by atoms with Crippen LogP contribution < -0.4 is 4.90 Å². The van der Waals surface area contributed by atoms with Crippen molar-refractivity contribution in [3.8, 4) is 16.8 Å². The molecule has 0 saturated carbocycles. The summed E-state index contributed by atoms with van der Waals surface area (Å²) in [6, 6.07) is 10.2. The monoisotopic (exact) mass is 437 g/mol. The van der Waals surface area contributed by atoms with Crippen molar-refractivity contribution in [2.45, 2.75) is 0 Å². The number of rotatable bonds is 4. The molecule has 5 rings (SSSR count). The Morgan fingerprint density at radius 1 is 0.935 bits per heavy atom. The molecule has 1 fully saturated rings. The first kappa shape index (κ1) is 19.7. The number of hydrogen-bond acceptors (Lipinski definition) is 6. The van der Waals surface area contributed by atoms with Gasteiger partial charge >= 0.3 is 0 Å². The largest absolute Gasteiger partial charge is 0.354 e. The molecule has 0 unspecified atom stereocenters. The molecular weight excluding hydrogens is 414 g/mol. The SMILES string of the molecule is Cn1cc(-c2ccc3cnn(-c4ccnc(N5CCN(S(C)(=O)=O)CC5)c4)c3c2)cn1. The zero-order valence-corrected chi connectivity index (χ0v) is 18.2. The minimum absolute atomic E-state index is 0.462. The van der Waals surface area contributed by atoms with Crippen LogP contribution in [0, 0.1) is 0 Å². The second-order valence-corrected chi connectivity index (χ2v) is 9.74. The lowest BCUT2D eigenvalue weighted by Gasteiger charge is -2.34. The van der Waals surface area contributed by atoms with Crippen LogP contribution in [0.4, 0.5) is 5.82 Å². The van der Waals surface area contributed by atoms with E-state index < -0.39 is 10.0 Å². The molecule has 0 aliphatic carbocycles. The van der Waals surface area contributed by atoms with E-state index in [1.165, 1.54) is 10.6 Å². The maximum absolute atomic E-state index is 11.8. The van der Waals surface area contributed by atoms with Gasteiger partial charge in [0.15, 0.2) is 0 Å². The zero-order valence-electron chi connectivity index (χ0n) is 17.4. The van der Waals surface area contributed by atoms with Gasteiger partial charge in [0.25, 0.3) is 0 Å². The van der Waals surface area contributed by atoms with Gasteiger partial charge in [-0.25, -0.2) is 18.1 Å². The minimum atomic E-state index is -3.16. The second kappa shape index (κ2) is 7.47. The van der Waals surface area contributed by atoms with Gasteiger partial charge in [-0.2, -0.15) is 14.5 Å². The highest BCUT2D eigenvalue weighted by Crippen LogP contribution is 2.27. The molecule has 1 aliphatic rings. The van der Waals surface area contributed by atoms with Gasteiger partial charge in [0, 0.05) is 62.6 Å². The molecule has 0 spiro atoms. The summed E-state index contributed by atoms with van der Waals surface area (Å²) >= 11 is 0. The van der Waals surface area contributed by atoms with Gasteiger partial charge in [-0.15, -0.1) is 0 Å². The third-order valence-corrected chi connectivity index (χ3v) is 6.92. The van der Waals surface area contributed by atoms with Crippen molar-refractivity contribution < 1.29 is 8.42 Å². The summed E-state index contributed by atoms with van der Waals surface area (Å²) in [7, 11) is -1.26. The fourth-order valence-electron chi connectivity index (χ4n) is 3.94. The molecule has 1 aliphatic heterocycles. The van der Waals surface area contributed by atoms with Crippen molar-refractivity contribution in [1.82, 2.24) is 28.9 Å². The van der Waals surface area contributed by atoms with E-state index in [4.69, 9.17) is 0 Å². The van der Waals surface area contributed by atoms with E-state index in [2.05, 4.69) is 38.3 Å². The number of aromatic nitrogens is 5. The van der Waals surface area contributed by atoms with Crippen LogP contribution in [0.15, 0.2) is 55.1 Å². The minimum Gasteiger partial charge on any atom is -0.354 e. The highest BCUT2D eigenvalue weighted by atomic mass is 32.2. The third-order valence-electron chi connectivity index (χ3n) is 5.61. The Balaban J connectivity index is 1.46. The number of hydrogen-bond donors (Lipinski definition) is 0. The quantitative estimate of drug-likeness (QED) is 0.485. The molecule has 4 heterocycles. The summed E-state index contributed by atoms with van der Waals surface area (Å²) in [6.45, 7) is 2.14. The van der Waals surface area contributed by atoms with Gasteiger partial charge in [0.05, 0.1) is 29.9 Å². The van der Waals surface area contributed by atoms with Crippen molar-refractivity contribution in [2.24, 2.45) is 7.05 Å². The summed E-state index contributed by atoms with van der Waals surface area (Å²) in [5.41, 5.74) is 4.04. The number of fused-ring (bicyclic) bond motifs is 1. The van der Waals surface area contributed by atoms with Crippen molar-refractivity contribution >= 4 is 26.7 Å². The Morgan fingerprint density at radius 2 is 1.74 bits per heavy atom. The first-order chi connectivity index (χ1) is 14.9. The van der Waals surface area contributed by atoms with E-state index in [0.717, 1.165) is 33.5 Å². The molecule has 3 aromatic heterocycles. The molecule has 0 atom stereocenters. The van der Waals surface area contributed by atoms with Crippen LogP contribution in [0.3, 0.4) is 0 Å². The fourth-order valence-corrected chi connectivity index (χ4v) is 4.76. The maximum atomic E-state index is 11.8. The van der Waals surface area contributed by atoms with E-state index >= 15 is 0 Å². The molecule has 0 radical (unpaired) electrons. The van der Waals surface area contributed by atoms with Crippen molar-refractivity contribution in [3.05, 3.63) is 55.1 Å². The van der Waals surface area contributed by atoms with Crippen molar-refractivity contribution in [2.75, 3.05) is 37.3 Å². The smallest absolute Gasteiger partial charge is 0.211 e. The van der Waals surface area contributed by atoms with Crippen LogP contribution in [-0.4, -0.2) is 69.7 Å². The van der Waals surface area contributed by atoms with Gasteiger partial charge < -0.3 is 4.90 Å². The molecule has 0 amide bonds. The number of pyridine rings is 1. The van der Waals surface area contributed by atoms with Crippen LogP contribution in [-0.2, 0) is 17.1 Å². The normalized spacial score (nSPS) is 15.6. The van der Waals surface area contributed by atoms with E-state index in [1.807, 2.05) is 42.5 Å². The lowest BCUT2D eigenvalue weighted by molar-refractivity contribution is 0.387. The molecular formula is C21H23N7O2S. The fraction of sp³-hybridized carbons (Fsp3) is 0.286. The molecule has 10 heteroatoms. The summed E-state index contributed by atoms with van der Waals surface area (Å²) in [6.07, 6.45) is 8.72. The first-order valence-corrected chi connectivity index (χ1v) is 11.9. The second-order valence-electron chi connectivity index (χ2n) is 7.75. The van der Waals surface area contributed by atoms with Gasteiger partial charge in [-0.3, -0.25) is 4.68 Å². The van der Waals surface area contributed by atoms with E-state index in [1.54, 1.807) is 10.9 Å². The predicted octanol–water partition coefficient (Wildman–Crippen LogP) is 1.90. The number of aryl methyl sites for hydroxylation is 1. The summed E-state index contributed by atoms with van der Waals surface area (Å²) < 4.78 is 28.7. The third kappa shape index (κ3) is 3.79. The van der Waals surface area contributed by atoms with Gasteiger partial charge in [0.2, 0.25) is 10.0 Å². The van der Waals surface area contributed by atoms with E-state index in [0.29, 0.717) is 26.2 Å². The molecule has 0 bridgehead atoms. The van der Waals surface area contributed by atoms with Gasteiger partial charge in [0.1, 0.15) is 5.82 Å². The summed E-state index contributed by atoms with van der Waals surface area (Å²) in [5.74, 6) is 0.817. The summed E-state index contributed by atoms with van der Waals surface area (Å²) in [5, 5.41) is 9.91. The lowest BCUT2D eigenvalue weighted by atomic mass is 10.1. The highest BCUT2D eigenvalue weighted by molar-refractivity contribution is 7.88. The average Bonchev–Trinajstić information content (AvgIpc) is 3.39. The van der Waals surface area contributed by atoms with Crippen LogP contribution in [0.5, 0.6) is 0 Å². The molecule has 4 aromatic rings. The molecule has 1 saturated heterocycles. The van der Waals surface area contributed by atoms with Crippen molar-refractivity contribution in [1.29, 1.82) is 0 Å². The predicted molar refractivity (Wildman–Crippen MR) is 120 cm³/mol. The number of nitrogens with zero attached hydrogens (tertiary/aromatic N) is 7. The maximum Gasteiger partial charge on any atom is 0.211 e. The molecule has 1 aromatic carbocycles. The van der Waals surface area contributed by atoms with Gasteiger partial charge in [-0.05, 0) is 17.7 Å². The Morgan fingerprint density at radius 3 is 2.45 bits per heavy atom. The zero-order chi connectivity index (χ0) is 21.6. The summed E-state index contributed by atoms with van der Waals surface area (Å²) in [4.78, 5) is 6.62. The van der Waals surface area contributed by atoms with Crippen LogP contribution in [0.1, 0.15) is 0 Å². The van der Waals surface area contributed by atoms with Crippen molar-refractivity contribution in [3.63, 3.8) is 0 Å². The highest BCUT2D eigenvalue weighted by Gasteiger charge is 2.24. The van der Waals surface area contributed by atoms with Gasteiger partial charge in [-0.1, -0.05) is 12.1 Å². The Kier molecular flexibility index (Phi) is 4.75. The number of anilines is 1. The standard InChI is InChI=1S/C21H23N7O2S/c1-25-15-18(14-23-25)16-3-4-17-13-24-28(20(17)11-16)19-5-6-22-21(12-19)26-7-9-27(10-8-26)31(2,29)30/h3-6,11-15H,7-10H2,1-2H3. The van der Waals surface area contributed by atoms with E-state index in [9.17, 15) is 8.42 Å². The van der Waals surface area contributed by atoms with Crippen LogP contribution in [0.25, 0.3) is 27.7 Å². The Bertz CT molecular complexity index is 1350. The Hall–Kier alpha value is -3.24. The number of benzene rings is 1. The average molecular weight is 438 g/mol. The molecule has 0 N–H and O–H groups in total. The molecule has 160 valence electrons.